The van der Waals surface area contributed by atoms with Gasteiger partial charge in [-0.2, -0.15) is 16.7 Å². The van der Waals surface area contributed by atoms with Crippen molar-refractivity contribution < 1.29 is 9.26 Å². The number of rotatable bonds is 7. The van der Waals surface area contributed by atoms with Gasteiger partial charge in [0.15, 0.2) is 5.82 Å². The minimum absolute atomic E-state index is 0.389. The van der Waals surface area contributed by atoms with E-state index in [4.69, 9.17) is 9.26 Å². The van der Waals surface area contributed by atoms with E-state index in [1.54, 1.807) is 0 Å². The monoisotopic (exact) mass is 285 g/mol. The zero-order valence-electron chi connectivity index (χ0n) is 11.7. The molecular formula is C13H23N3O2S. The molecule has 5 nitrogen and oxygen atoms in total. The lowest BCUT2D eigenvalue weighted by Crippen LogP contribution is -2.32. The number of piperidine rings is 1. The van der Waals surface area contributed by atoms with Crippen molar-refractivity contribution in [3.8, 4) is 0 Å². The maximum atomic E-state index is 5.82. The molecule has 19 heavy (non-hydrogen) atoms. The van der Waals surface area contributed by atoms with Crippen molar-refractivity contribution in [2.24, 2.45) is 0 Å². The number of thioether (sulfide) groups is 1. The van der Waals surface area contributed by atoms with E-state index in [2.05, 4.69) is 29.3 Å². The van der Waals surface area contributed by atoms with Crippen molar-refractivity contribution in [1.29, 1.82) is 0 Å². The van der Waals surface area contributed by atoms with Gasteiger partial charge in [0.1, 0.15) is 0 Å². The molecule has 0 saturated carbocycles. The molecule has 1 saturated heterocycles. The lowest BCUT2D eigenvalue weighted by Gasteiger charge is -2.22. The summed E-state index contributed by atoms with van der Waals surface area (Å²) in [5.41, 5.74) is 0. The minimum atomic E-state index is 0.389. The summed E-state index contributed by atoms with van der Waals surface area (Å²) >= 11 is 1.82. The summed E-state index contributed by atoms with van der Waals surface area (Å²) in [6, 6.07) is 0. The summed E-state index contributed by atoms with van der Waals surface area (Å²) in [6.45, 7) is 7.12. The first kappa shape index (κ1) is 14.8. The highest BCUT2D eigenvalue weighted by Crippen LogP contribution is 2.15. The largest absolute Gasteiger partial charge is 0.378 e. The predicted molar refractivity (Wildman–Crippen MR) is 76.3 cm³/mol. The first-order valence-electron chi connectivity index (χ1n) is 6.99. The molecule has 0 radical (unpaired) electrons. The molecule has 1 N–H and O–H groups in total. The van der Waals surface area contributed by atoms with Crippen LogP contribution in [0.4, 0.5) is 0 Å². The second-order valence-corrected chi connectivity index (χ2v) is 6.60. The quantitative estimate of drug-likeness (QED) is 0.827. The van der Waals surface area contributed by atoms with Crippen LogP contribution in [0.3, 0.4) is 0 Å². The topological polar surface area (TPSA) is 60.2 Å². The smallest absolute Gasteiger partial charge is 0.228 e. The summed E-state index contributed by atoms with van der Waals surface area (Å²) in [4.78, 5) is 4.37. The lowest BCUT2D eigenvalue weighted by atomic mass is 10.1. The molecule has 2 rings (SSSR count). The van der Waals surface area contributed by atoms with E-state index in [9.17, 15) is 0 Å². The van der Waals surface area contributed by atoms with Crippen LogP contribution in [0.1, 0.15) is 38.4 Å². The normalized spacial score (nSPS) is 17.2. The highest BCUT2D eigenvalue weighted by molar-refractivity contribution is 7.99. The Hall–Kier alpha value is -0.590. The Balaban J connectivity index is 1.65. The van der Waals surface area contributed by atoms with Crippen LogP contribution in [0.5, 0.6) is 0 Å². The van der Waals surface area contributed by atoms with E-state index in [1.807, 2.05) is 11.8 Å². The lowest BCUT2D eigenvalue weighted by molar-refractivity contribution is 0.0322. The van der Waals surface area contributed by atoms with Crippen LogP contribution in [-0.4, -0.2) is 41.2 Å². The third kappa shape index (κ3) is 5.50. The molecule has 1 aromatic rings. The van der Waals surface area contributed by atoms with E-state index in [0.29, 0.717) is 30.3 Å². The fourth-order valence-corrected chi connectivity index (χ4v) is 2.57. The van der Waals surface area contributed by atoms with Crippen molar-refractivity contribution in [2.45, 2.75) is 50.2 Å². The predicted octanol–water partition coefficient (Wildman–Crippen LogP) is 2.02. The molecular weight excluding hydrogens is 262 g/mol. The fraction of sp³-hybridized carbons (Fsp3) is 0.846. The standard InChI is InChI=1S/C13H23N3O2S/c1-10(2)19-9-12-15-13(18-16-12)5-8-17-11-3-6-14-7-4-11/h10-11,14H,3-9H2,1-2H3. The Morgan fingerprint density at radius 1 is 1.42 bits per heavy atom. The summed E-state index contributed by atoms with van der Waals surface area (Å²) in [7, 11) is 0. The molecule has 0 unspecified atom stereocenters. The molecule has 0 aliphatic carbocycles. The van der Waals surface area contributed by atoms with Gasteiger partial charge in [-0.15, -0.1) is 0 Å². The summed E-state index contributed by atoms with van der Waals surface area (Å²) in [5.74, 6) is 2.29. The summed E-state index contributed by atoms with van der Waals surface area (Å²) in [5, 5.41) is 7.90. The van der Waals surface area contributed by atoms with Crippen molar-refractivity contribution in [3.05, 3.63) is 11.7 Å². The first-order valence-corrected chi connectivity index (χ1v) is 8.04. The molecule has 0 aromatic carbocycles. The summed E-state index contributed by atoms with van der Waals surface area (Å²) < 4.78 is 11.0. The fourth-order valence-electron chi connectivity index (χ4n) is 1.97. The zero-order chi connectivity index (χ0) is 13.5. The number of nitrogens with one attached hydrogen (secondary N) is 1. The molecule has 0 amide bonds. The van der Waals surface area contributed by atoms with Gasteiger partial charge in [0.25, 0.3) is 0 Å². The van der Waals surface area contributed by atoms with Gasteiger partial charge in [0.2, 0.25) is 5.89 Å². The molecule has 0 spiro atoms. The van der Waals surface area contributed by atoms with Crippen LogP contribution in [0.2, 0.25) is 0 Å². The van der Waals surface area contributed by atoms with E-state index in [0.717, 1.165) is 37.5 Å². The molecule has 108 valence electrons. The average molecular weight is 285 g/mol. The SMILES string of the molecule is CC(C)SCc1noc(CCOC2CCNCC2)n1. The third-order valence-corrected chi connectivity index (χ3v) is 4.10. The molecule has 1 aromatic heterocycles. The van der Waals surface area contributed by atoms with Crippen LogP contribution in [0.25, 0.3) is 0 Å². The van der Waals surface area contributed by atoms with Crippen LogP contribution in [0.15, 0.2) is 4.52 Å². The van der Waals surface area contributed by atoms with Crippen molar-refractivity contribution >= 4 is 11.8 Å². The Bertz CT molecular complexity index is 365. The highest BCUT2D eigenvalue weighted by atomic mass is 32.2. The van der Waals surface area contributed by atoms with E-state index in [-0.39, 0.29) is 0 Å². The Morgan fingerprint density at radius 3 is 2.95 bits per heavy atom. The van der Waals surface area contributed by atoms with Gasteiger partial charge >= 0.3 is 0 Å². The summed E-state index contributed by atoms with van der Waals surface area (Å²) in [6.07, 6.45) is 3.30. The van der Waals surface area contributed by atoms with E-state index >= 15 is 0 Å². The highest BCUT2D eigenvalue weighted by Gasteiger charge is 2.14. The minimum Gasteiger partial charge on any atom is -0.378 e. The number of hydrogen-bond acceptors (Lipinski definition) is 6. The average Bonchev–Trinajstić information content (AvgIpc) is 2.86. The molecule has 2 heterocycles. The van der Waals surface area contributed by atoms with Gasteiger partial charge < -0.3 is 14.6 Å². The van der Waals surface area contributed by atoms with Gasteiger partial charge in [-0.3, -0.25) is 0 Å². The molecule has 0 bridgehead atoms. The van der Waals surface area contributed by atoms with Crippen LogP contribution in [0, 0.1) is 0 Å². The van der Waals surface area contributed by atoms with E-state index in [1.165, 1.54) is 0 Å². The van der Waals surface area contributed by atoms with Crippen LogP contribution in [-0.2, 0) is 16.9 Å². The molecule has 0 atom stereocenters. The van der Waals surface area contributed by atoms with Gasteiger partial charge in [0.05, 0.1) is 24.9 Å². The molecule has 1 aliphatic heterocycles. The van der Waals surface area contributed by atoms with Gasteiger partial charge in [-0.1, -0.05) is 19.0 Å². The molecule has 1 fully saturated rings. The van der Waals surface area contributed by atoms with Crippen molar-refractivity contribution in [1.82, 2.24) is 15.5 Å². The Kier molecular flexibility index (Phi) is 6.13. The Morgan fingerprint density at radius 2 is 2.21 bits per heavy atom. The first-order chi connectivity index (χ1) is 9.24. The molecule has 6 heteroatoms. The third-order valence-electron chi connectivity index (χ3n) is 3.01. The van der Waals surface area contributed by atoms with Crippen molar-refractivity contribution in [2.75, 3.05) is 19.7 Å². The number of ether oxygens (including phenoxy) is 1. The van der Waals surface area contributed by atoms with Gasteiger partial charge in [-0.05, 0) is 31.2 Å². The number of nitrogens with zero attached hydrogens (tertiary/aromatic N) is 2. The number of hydrogen-bond donors (Lipinski definition) is 1. The maximum Gasteiger partial charge on any atom is 0.228 e. The zero-order valence-corrected chi connectivity index (χ0v) is 12.5. The second-order valence-electron chi connectivity index (χ2n) is 5.03. The van der Waals surface area contributed by atoms with Crippen LogP contribution >= 0.6 is 11.8 Å². The molecule has 1 aliphatic rings. The number of aromatic nitrogens is 2. The second kappa shape index (κ2) is 7.87. The maximum absolute atomic E-state index is 5.82. The van der Waals surface area contributed by atoms with Gasteiger partial charge in [0, 0.05) is 0 Å². The van der Waals surface area contributed by atoms with Crippen LogP contribution < -0.4 is 5.32 Å². The van der Waals surface area contributed by atoms with Crippen molar-refractivity contribution in [3.63, 3.8) is 0 Å². The van der Waals surface area contributed by atoms with E-state index < -0.39 is 0 Å². The Labute approximate surface area is 118 Å². The van der Waals surface area contributed by atoms with Gasteiger partial charge in [-0.25, -0.2) is 0 Å².